The van der Waals surface area contributed by atoms with Gasteiger partial charge in [-0.2, -0.15) is 0 Å². The van der Waals surface area contributed by atoms with E-state index < -0.39 is 0 Å². The second kappa shape index (κ2) is 20.1. The van der Waals surface area contributed by atoms with Crippen LogP contribution >= 0.6 is 0 Å². The predicted molar refractivity (Wildman–Crippen MR) is 90.1 cm³/mol. The fraction of sp³-hybridized carbons (Fsp3) is 0.733. The molecule has 1 unspecified atom stereocenters. The Morgan fingerprint density at radius 2 is 1.65 bits per heavy atom. The topological polar surface area (TPSA) is 96.3 Å². The lowest BCUT2D eigenvalue weighted by Crippen LogP contribution is -2.36. The zero-order valence-corrected chi connectivity index (χ0v) is 14.2. The average Bonchev–Trinajstić information content (AvgIpc) is 2.44. The van der Waals surface area contributed by atoms with Crippen molar-refractivity contribution in [1.29, 1.82) is 0 Å². The fourth-order valence-electron chi connectivity index (χ4n) is 0.870. The van der Waals surface area contributed by atoms with Crippen molar-refractivity contribution in [2.75, 3.05) is 19.7 Å². The van der Waals surface area contributed by atoms with E-state index in [1.807, 2.05) is 20.8 Å². The smallest absolute Gasteiger partial charge is 0.0961 e. The first-order valence-electron chi connectivity index (χ1n) is 7.45. The summed E-state index contributed by atoms with van der Waals surface area (Å²) < 4.78 is 0. The summed E-state index contributed by atoms with van der Waals surface area (Å²) in [6.07, 6.45) is 4.72. The maximum absolute atomic E-state index is 8.75. The van der Waals surface area contributed by atoms with Crippen molar-refractivity contribution in [3.05, 3.63) is 23.7 Å². The molecule has 0 aliphatic carbocycles. The fourth-order valence-corrected chi connectivity index (χ4v) is 0.870. The summed E-state index contributed by atoms with van der Waals surface area (Å²) in [6.45, 7) is 13.6. The highest BCUT2D eigenvalue weighted by molar-refractivity contribution is 5.11. The van der Waals surface area contributed by atoms with Gasteiger partial charge in [0.1, 0.15) is 0 Å². The van der Waals surface area contributed by atoms with E-state index in [2.05, 4.69) is 24.5 Å². The number of hydrogen-bond acceptors (Lipinski definition) is 5. The molecule has 0 spiro atoms. The maximum Gasteiger partial charge on any atom is 0.0961 e. The summed E-state index contributed by atoms with van der Waals surface area (Å²) in [5.74, 6) is 0.582. The zero-order chi connectivity index (χ0) is 16.4. The Kier molecular flexibility index (Phi) is 24.0. The van der Waals surface area contributed by atoms with Crippen LogP contribution in [0.15, 0.2) is 23.7 Å². The van der Waals surface area contributed by atoms with E-state index in [4.69, 9.17) is 16.6 Å². The van der Waals surface area contributed by atoms with Crippen molar-refractivity contribution >= 4 is 0 Å². The van der Waals surface area contributed by atoms with Gasteiger partial charge < -0.3 is 27.2 Å². The number of nitrogens with one attached hydrogen (secondary N) is 2. The summed E-state index contributed by atoms with van der Waals surface area (Å²) in [6, 6.07) is 0.114. The molecule has 7 N–H and O–H groups in total. The van der Waals surface area contributed by atoms with Crippen LogP contribution in [0, 0.1) is 0 Å². The van der Waals surface area contributed by atoms with Crippen LogP contribution in [0.25, 0.3) is 0 Å². The van der Waals surface area contributed by atoms with Crippen LogP contribution in [-0.4, -0.2) is 30.8 Å². The van der Waals surface area contributed by atoms with E-state index >= 15 is 0 Å². The molecule has 0 radical (unpaired) electrons. The summed E-state index contributed by atoms with van der Waals surface area (Å²) >= 11 is 0. The highest BCUT2D eigenvalue weighted by Crippen LogP contribution is 1.84. The number of rotatable bonds is 7. The molecule has 5 heteroatoms. The molecule has 1 atom stereocenters. The minimum atomic E-state index is 0.114. The van der Waals surface area contributed by atoms with Crippen molar-refractivity contribution in [2.24, 2.45) is 11.5 Å². The largest absolute Gasteiger partial charge is 0.402 e. The molecule has 0 saturated carbocycles. The summed E-state index contributed by atoms with van der Waals surface area (Å²) in [7, 11) is 0. The van der Waals surface area contributed by atoms with E-state index in [-0.39, 0.29) is 12.6 Å². The van der Waals surface area contributed by atoms with Crippen LogP contribution in [0.2, 0.25) is 0 Å². The van der Waals surface area contributed by atoms with E-state index in [0.717, 1.165) is 6.54 Å². The lowest BCUT2D eigenvalue weighted by molar-refractivity contribution is 0.252. The number of nitrogens with two attached hydrogens (primary N) is 2. The lowest BCUT2D eigenvalue weighted by atomic mass is 10.3. The third-order valence-corrected chi connectivity index (χ3v) is 1.75. The second-order valence-electron chi connectivity index (χ2n) is 4.20. The average molecular weight is 288 g/mol. The normalized spacial score (nSPS) is 12.6. The van der Waals surface area contributed by atoms with Crippen molar-refractivity contribution in [2.45, 2.75) is 54.0 Å². The Morgan fingerprint density at radius 3 is 2.05 bits per heavy atom. The molecule has 0 rings (SSSR count). The third-order valence-electron chi connectivity index (χ3n) is 1.75. The van der Waals surface area contributed by atoms with Crippen LogP contribution in [-0.2, 0) is 0 Å². The van der Waals surface area contributed by atoms with Gasteiger partial charge in [-0.3, -0.25) is 0 Å². The Balaban J connectivity index is -0.000000505. The van der Waals surface area contributed by atoms with Crippen molar-refractivity contribution in [1.82, 2.24) is 10.6 Å². The molecule has 0 aliphatic heterocycles. The molecule has 0 aromatic carbocycles. The standard InChI is InChI=1S/C10H22N4O.C3H8.C2H6/c1-8(11)3-4-10(12)14-6-5-13-9(2)7-15;1-3-2;1-2/h3-4,9,13-15H,5-7,11-12H2,1-2H3;3H2,1-2H3;1-2H3/b8-3-,10-4+;;. The Morgan fingerprint density at radius 1 is 1.15 bits per heavy atom. The molecule has 0 aromatic heterocycles. The molecule has 5 nitrogen and oxygen atoms in total. The van der Waals surface area contributed by atoms with Gasteiger partial charge in [0, 0.05) is 24.8 Å². The molecular weight excluding hydrogens is 252 g/mol. The van der Waals surface area contributed by atoms with Crippen molar-refractivity contribution < 1.29 is 5.11 Å². The first-order chi connectivity index (χ1) is 9.47. The minimum Gasteiger partial charge on any atom is -0.402 e. The number of hydrogen-bond donors (Lipinski definition) is 5. The SMILES string of the molecule is C/C(N)=C/C=C(\N)NCCNC(C)CO.CC.CCC. The molecule has 0 saturated heterocycles. The van der Waals surface area contributed by atoms with E-state index in [1.165, 1.54) is 6.42 Å². The molecule has 0 heterocycles. The van der Waals surface area contributed by atoms with Gasteiger partial charge in [0.25, 0.3) is 0 Å². The van der Waals surface area contributed by atoms with Gasteiger partial charge in [0.2, 0.25) is 0 Å². The van der Waals surface area contributed by atoms with Crippen LogP contribution < -0.4 is 22.1 Å². The van der Waals surface area contributed by atoms with E-state index in [0.29, 0.717) is 18.1 Å². The molecule has 20 heavy (non-hydrogen) atoms. The molecule has 0 bridgehead atoms. The molecule has 0 aliphatic rings. The molecule has 0 aromatic rings. The highest BCUT2D eigenvalue weighted by atomic mass is 16.3. The molecular formula is C15H36N4O. The van der Waals surface area contributed by atoms with Crippen LogP contribution in [0.4, 0.5) is 0 Å². The number of allylic oxidation sites excluding steroid dienone is 3. The maximum atomic E-state index is 8.75. The number of aliphatic hydroxyl groups is 1. The van der Waals surface area contributed by atoms with Gasteiger partial charge in [-0.1, -0.05) is 34.1 Å². The Hall–Kier alpha value is -1.20. The zero-order valence-electron chi connectivity index (χ0n) is 14.2. The first-order valence-corrected chi connectivity index (χ1v) is 7.45. The van der Waals surface area contributed by atoms with Crippen LogP contribution in [0.1, 0.15) is 48.0 Å². The molecule has 122 valence electrons. The minimum absolute atomic E-state index is 0.114. The first kappa shape index (κ1) is 23.9. The van der Waals surface area contributed by atoms with Gasteiger partial charge in [-0.05, 0) is 26.0 Å². The van der Waals surface area contributed by atoms with E-state index in [9.17, 15) is 0 Å². The van der Waals surface area contributed by atoms with Crippen LogP contribution in [0.5, 0.6) is 0 Å². The van der Waals surface area contributed by atoms with Gasteiger partial charge in [0.05, 0.1) is 12.4 Å². The van der Waals surface area contributed by atoms with Gasteiger partial charge in [0.15, 0.2) is 0 Å². The van der Waals surface area contributed by atoms with Gasteiger partial charge in [-0.25, -0.2) is 0 Å². The van der Waals surface area contributed by atoms with Gasteiger partial charge in [-0.15, -0.1) is 0 Å². The summed E-state index contributed by atoms with van der Waals surface area (Å²) in [4.78, 5) is 0. The summed E-state index contributed by atoms with van der Waals surface area (Å²) in [5.41, 5.74) is 11.8. The molecule has 0 amide bonds. The van der Waals surface area contributed by atoms with Crippen molar-refractivity contribution in [3.63, 3.8) is 0 Å². The lowest BCUT2D eigenvalue weighted by Gasteiger charge is -2.11. The number of aliphatic hydroxyl groups excluding tert-OH is 1. The summed E-state index contributed by atoms with van der Waals surface area (Å²) in [5, 5.41) is 14.9. The van der Waals surface area contributed by atoms with E-state index in [1.54, 1.807) is 19.1 Å². The Bertz CT molecular complexity index is 236. The quantitative estimate of drug-likeness (QED) is 0.362. The third kappa shape index (κ3) is 25.6. The van der Waals surface area contributed by atoms with Crippen LogP contribution in [0.3, 0.4) is 0 Å². The highest BCUT2D eigenvalue weighted by Gasteiger charge is 1.96. The monoisotopic (exact) mass is 288 g/mol. The van der Waals surface area contributed by atoms with Gasteiger partial charge >= 0.3 is 0 Å². The second-order valence-corrected chi connectivity index (χ2v) is 4.20. The molecule has 0 fully saturated rings. The predicted octanol–water partition coefficient (Wildman–Crippen LogP) is 1.65. The Labute approximate surface area is 125 Å². The van der Waals surface area contributed by atoms with Crippen molar-refractivity contribution in [3.8, 4) is 0 Å².